The highest BCUT2D eigenvalue weighted by molar-refractivity contribution is 6.09. The van der Waals surface area contributed by atoms with Crippen LogP contribution in [-0.4, -0.2) is 29.1 Å². The SMILES string of the molecule is C/C=C/C/C=C(/C)C(O)CC/C(C)=C/C=C(\C)C(=O)c1c(O)cc(C(C)CC/C=C/NC)oc1=O. The van der Waals surface area contributed by atoms with E-state index in [1.807, 2.05) is 65.2 Å². The van der Waals surface area contributed by atoms with Gasteiger partial charge < -0.3 is 19.9 Å². The van der Waals surface area contributed by atoms with E-state index in [1.54, 1.807) is 19.1 Å². The summed E-state index contributed by atoms with van der Waals surface area (Å²) in [5.74, 6) is -0.666. The smallest absolute Gasteiger partial charge is 0.351 e. The van der Waals surface area contributed by atoms with Gasteiger partial charge >= 0.3 is 5.63 Å². The van der Waals surface area contributed by atoms with Crippen molar-refractivity contribution in [3.8, 4) is 5.75 Å². The normalized spacial score (nSPS) is 15.1. The maximum atomic E-state index is 12.8. The van der Waals surface area contributed by atoms with Crippen LogP contribution in [0.3, 0.4) is 0 Å². The first-order chi connectivity index (χ1) is 16.6. The first-order valence-corrected chi connectivity index (χ1v) is 12.2. The van der Waals surface area contributed by atoms with Gasteiger partial charge in [-0.15, -0.1) is 0 Å². The highest BCUT2D eigenvalue weighted by Gasteiger charge is 2.21. The third-order valence-electron chi connectivity index (χ3n) is 5.84. The second-order valence-electron chi connectivity index (χ2n) is 8.87. The van der Waals surface area contributed by atoms with E-state index in [-0.39, 0.29) is 17.2 Å². The highest BCUT2D eigenvalue weighted by atomic mass is 16.4. The topological polar surface area (TPSA) is 99.8 Å². The molecule has 2 atom stereocenters. The van der Waals surface area contributed by atoms with Gasteiger partial charge in [-0.25, -0.2) is 4.79 Å². The van der Waals surface area contributed by atoms with Gasteiger partial charge in [0.15, 0.2) is 5.78 Å². The van der Waals surface area contributed by atoms with E-state index in [9.17, 15) is 19.8 Å². The number of ketones is 1. The first kappa shape index (κ1) is 29.9. The van der Waals surface area contributed by atoms with Crippen LogP contribution in [0.2, 0.25) is 0 Å². The number of allylic oxidation sites excluding steroid dienone is 8. The Morgan fingerprint density at radius 1 is 1.17 bits per heavy atom. The zero-order valence-corrected chi connectivity index (χ0v) is 21.9. The minimum absolute atomic E-state index is 0.0848. The maximum absolute atomic E-state index is 12.8. The van der Waals surface area contributed by atoms with E-state index >= 15 is 0 Å². The van der Waals surface area contributed by atoms with Crippen molar-refractivity contribution in [2.75, 3.05) is 7.05 Å². The van der Waals surface area contributed by atoms with Crippen LogP contribution in [0.4, 0.5) is 0 Å². The van der Waals surface area contributed by atoms with Gasteiger partial charge in [-0.05, 0) is 77.1 Å². The van der Waals surface area contributed by atoms with Crippen molar-refractivity contribution in [2.24, 2.45) is 0 Å². The summed E-state index contributed by atoms with van der Waals surface area (Å²) < 4.78 is 5.37. The fourth-order valence-corrected chi connectivity index (χ4v) is 3.38. The van der Waals surface area contributed by atoms with Gasteiger partial charge in [-0.2, -0.15) is 0 Å². The number of hydrogen-bond acceptors (Lipinski definition) is 6. The average molecular weight is 484 g/mol. The van der Waals surface area contributed by atoms with Crippen molar-refractivity contribution in [3.05, 3.63) is 87.2 Å². The monoisotopic (exact) mass is 483 g/mol. The van der Waals surface area contributed by atoms with Crippen LogP contribution < -0.4 is 10.9 Å². The molecular formula is C29H41NO5. The zero-order chi connectivity index (χ0) is 26.4. The third kappa shape index (κ3) is 10.4. The van der Waals surface area contributed by atoms with Crippen LogP contribution in [0.15, 0.2) is 74.7 Å². The number of aliphatic hydroxyl groups is 1. The van der Waals surface area contributed by atoms with Crippen LogP contribution in [0, 0.1) is 0 Å². The first-order valence-electron chi connectivity index (χ1n) is 12.2. The van der Waals surface area contributed by atoms with E-state index in [4.69, 9.17) is 4.42 Å². The molecule has 6 nitrogen and oxygen atoms in total. The molecule has 2 unspecified atom stereocenters. The lowest BCUT2D eigenvalue weighted by atomic mass is 9.99. The molecule has 6 heteroatoms. The summed E-state index contributed by atoms with van der Waals surface area (Å²) in [5, 5.41) is 23.6. The zero-order valence-electron chi connectivity index (χ0n) is 21.9. The van der Waals surface area contributed by atoms with Gasteiger partial charge in [-0.1, -0.05) is 49.0 Å². The number of rotatable bonds is 14. The molecule has 0 aliphatic carbocycles. The van der Waals surface area contributed by atoms with Crippen LogP contribution in [0.5, 0.6) is 5.75 Å². The Kier molecular flexibility index (Phi) is 13.4. The Morgan fingerprint density at radius 2 is 1.89 bits per heavy atom. The van der Waals surface area contributed by atoms with Crippen LogP contribution >= 0.6 is 0 Å². The fourth-order valence-electron chi connectivity index (χ4n) is 3.38. The Morgan fingerprint density at radius 3 is 2.51 bits per heavy atom. The largest absolute Gasteiger partial charge is 0.507 e. The average Bonchev–Trinajstić information content (AvgIpc) is 2.82. The summed E-state index contributed by atoms with van der Waals surface area (Å²) in [6, 6.07) is 1.36. The van der Waals surface area contributed by atoms with E-state index in [0.717, 1.165) is 30.4 Å². The molecule has 1 rings (SSSR count). The molecular weight excluding hydrogens is 442 g/mol. The summed E-state index contributed by atoms with van der Waals surface area (Å²) in [4.78, 5) is 25.3. The van der Waals surface area contributed by atoms with Crippen molar-refractivity contribution in [1.29, 1.82) is 0 Å². The van der Waals surface area contributed by atoms with Gasteiger partial charge in [0.2, 0.25) is 0 Å². The van der Waals surface area contributed by atoms with Crippen LogP contribution in [-0.2, 0) is 0 Å². The molecule has 0 saturated carbocycles. The Bertz CT molecular complexity index is 1040. The highest BCUT2D eigenvalue weighted by Crippen LogP contribution is 2.26. The molecule has 35 heavy (non-hydrogen) atoms. The molecule has 0 saturated heterocycles. The molecule has 0 aromatic carbocycles. The fraction of sp³-hybridized carbons (Fsp3) is 0.448. The molecule has 0 radical (unpaired) electrons. The quantitative estimate of drug-likeness (QED) is 0.128. The molecule has 0 spiro atoms. The number of aliphatic hydroxyl groups excluding tert-OH is 1. The third-order valence-corrected chi connectivity index (χ3v) is 5.84. The molecule has 0 bridgehead atoms. The summed E-state index contributed by atoms with van der Waals surface area (Å²) in [7, 11) is 1.82. The second-order valence-corrected chi connectivity index (χ2v) is 8.87. The molecule has 0 fully saturated rings. The van der Waals surface area contributed by atoms with Crippen molar-refractivity contribution in [3.63, 3.8) is 0 Å². The van der Waals surface area contributed by atoms with E-state index in [1.165, 1.54) is 6.07 Å². The van der Waals surface area contributed by atoms with Crippen molar-refractivity contribution >= 4 is 5.78 Å². The van der Waals surface area contributed by atoms with Crippen molar-refractivity contribution in [1.82, 2.24) is 5.32 Å². The van der Waals surface area contributed by atoms with Crippen LogP contribution in [0.25, 0.3) is 0 Å². The lowest BCUT2D eigenvalue weighted by Crippen LogP contribution is -2.16. The number of nitrogens with one attached hydrogen (secondary N) is 1. The second kappa shape index (κ2) is 15.7. The van der Waals surface area contributed by atoms with Gasteiger partial charge in [0, 0.05) is 19.0 Å². The summed E-state index contributed by atoms with van der Waals surface area (Å²) in [5.41, 5.74) is 1.05. The predicted octanol–water partition coefficient (Wildman–Crippen LogP) is 6.09. The molecule has 0 amide bonds. The Labute approximate surface area is 209 Å². The molecule has 1 aromatic heterocycles. The maximum Gasteiger partial charge on any atom is 0.351 e. The number of carbonyl (C=O) groups is 1. The molecule has 1 heterocycles. The number of hydrogen-bond donors (Lipinski definition) is 3. The van der Waals surface area contributed by atoms with Crippen molar-refractivity contribution in [2.45, 2.75) is 78.7 Å². The summed E-state index contributed by atoms with van der Waals surface area (Å²) in [6.45, 7) is 9.30. The van der Waals surface area contributed by atoms with E-state index in [0.29, 0.717) is 24.2 Å². The molecule has 0 aliphatic heterocycles. The van der Waals surface area contributed by atoms with Gasteiger partial charge in [0.25, 0.3) is 0 Å². The molecule has 192 valence electrons. The van der Waals surface area contributed by atoms with E-state index in [2.05, 4.69) is 5.32 Å². The predicted molar refractivity (Wildman–Crippen MR) is 143 cm³/mol. The molecule has 3 N–H and O–H groups in total. The lowest BCUT2D eigenvalue weighted by molar-refractivity contribution is 0.102. The number of Topliss-reactive ketones (excluding diaryl/α,β-unsaturated/α-hetero) is 1. The van der Waals surface area contributed by atoms with Crippen LogP contribution in [0.1, 0.15) is 88.8 Å². The van der Waals surface area contributed by atoms with Crippen molar-refractivity contribution < 1.29 is 19.4 Å². The number of carbonyl (C=O) groups excluding carboxylic acids is 1. The molecule has 0 aliphatic rings. The van der Waals surface area contributed by atoms with Gasteiger partial charge in [-0.3, -0.25) is 4.79 Å². The van der Waals surface area contributed by atoms with Gasteiger partial charge in [0.1, 0.15) is 17.1 Å². The number of aromatic hydroxyl groups is 1. The minimum Gasteiger partial charge on any atom is -0.507 e. The minimum atomic E-state index is -0.834. The standard InChI is InChI=1S/C29H41NO5/c1-7-8-9-12-21(3)24(31)17-15-20(2)14-16-23(5)28(33)27-25(32)19-26(35-29(27)34)22(4)13-10-11-18-30-6/h7-8,11-12,14,16,18-19,22,24,30-32H,9-10,13,15,17H2,1-6H3/b8-7+,18-11+,20-14+,21-12-,23-16+. The lowest BCUT2D eigenvalue weighted by Gasteiger charge is -2.11. The van der Waals surface area contributed by atoms with Gasteiger partial charge in [0.05, 0.1) is 6.10 Å². The molecule has 1 aromatic rings. The Hall–Kier alpha value is -3.12. The summed E-state index contributed by atoms with van der Waals surface area (Å²) >= 11 is 0. The van der Waals surface area contributed by atoms with E-state index < -0.39 is 17.5 Å². The summed E-state index contributed by atoms with van der Waals surface area (Å²) in [6.07, 6.45) is 16.3. The Balaban J connectivity index is 2.86.